The van der Waals surface area contributed by atoms with Crippen molar-refractivity contribution in [2.45, 2.75) is 38.6 Å². The maximum Gasteiger partial charge on any atom is 0.251 e. The van der Waals surface area contributed by atoms with Crippen LogP contribution >= 0.6 is 0 Å². The molecule has 0 bridgehead atoms. The third-order valence-corrected chi connectivity index (χ3v) is 3.51. The molecule has 1 saturated carbocycles. The van der Waals surface area contributed by atoms with Gasteiger partial charge < -0.3 is 16.8 Å². The SMILES string of the molecule is CC1CCCC(NC(=O)c2cc(N)cc(N)c2)C1. The van der Waals surface area contributed by atoms with Crippen molar-refractivity contribution in [3.63, 3.8) is 0 Å². The molecule has 4 heteroatoms. The highest BCUT2D eigenvalue weighted by molar-refractivity contribution is 5.96. The zero-order valence-electron chi connectivity index (χ0n) is 10.8. The summed E-state index contributed by atoms with van der Waals surface area (Å²) in [6, 6.07) is 5.26. The first-order valence-corrected chi connectivity index (χ1v) is 6.51. The number of rotatable bonds is 2. The minimum absolute atomic E-state index is 0.0758. The molecular formula is C14H21N3O. The third-order valence-electron chi connectivity index (χ3n) is 3.51. The highest BCUT2D eigenvalue weighted by Crippen LogP contribution is 2.24. The van der Waals surface area contributed by atoms with Crippen molar-refractivity contribution in [3.05, 3.63) is 23.8 Å². The average Bonchev–Trinajstić information content (AvgIpc) is 2.27. The number of benzene rings is 1. The van der Waals surface area contributed by atoms with Crippen LogP contribution in [0.2, 0.25) is 0 Å². The first-order valence-electron chi connectivity index (χ1n) is 6.51. The fourth-order valence-electron chi connectivity index (χ4n) is 2.64. The van der Waals surface area contributed by atoms with Gasteiger partial charge in [0.25, 0.3) is 5.91 Å². The van der Waals surface area contributed by atoms with E-state index < -0.39 is 0 Å². The Kier molecular flexibility index (Phi) is 3.75. The molecule has 2 atom stereocenters. The van der Waals surface area contributed by atoms with Gasteiger partial charge in [0.15, 0.2) is 0 Å². The van der Waals surface area contributed by atoms with Crippen molar-refractivity contribution in [2.24, 2.45) is 5.92 Å². The minimum Gasteiger partial charge on any atom is -0.399 e. The standard InChI is InChI=1S/C14H21N3O/c1-9-3-2-4-13(5-9)17-14(18)10-6-11(15)8-12(16)7-10/h6-9,13H,2-5,15-16H2,1H3,(H,17,18). The number of hydrogen-bond donors (Lipinski definition) is 3. The van der Waals surface area contributed by atoms with Crippen molar-refractivity contribution in [1.82, 2.24) is 5.32 Å². The molecule has 1 fully saturated rings. The quantitative estimate of drug-likeness (QED) is 0.700. The van der Waals surface area contributed by atoms with Crippen LogP contribution < -0.4 is 16.8 Å². The number of carbonyl (C=O) groups is 1. The third kappa shape index (κ3) is 3.15. The Bertz CT molecular complexity index is 424. The van der Waals surface area contributed by atoms with Gasteiger partial charge in [-0.1, -0.05) is 19.8 Å². The zero-order chi connectivity index (χ0) is 13.1. The lowest BCUT2D eigenvalue weighted by Crippen LogP contribution is -2.38. The molecule has 0 aromatic heterocycles. The van der Waals surface area contributed by atoms with Gasteiger partial charge in [-0.05, 0) is 37.0 Å². The second-order valence-corrected chi connectivity index (χ2v) is 5.33. The Morgan fingerprint density at radius 3 is 2.50 bits per heavy atom. The Balaban J connectivity index is 2.02. The molecule has 1 aromatic carbocycles. The number of nitrogens with one attached hydrogen (secondary N) is 1. The topological polar surface area (TPSA) is 81.1 Å². The summed E-state index contributed by atoms with van der Waals surface area (Å²) in [5.74, 6) is 0.614. The van der Waals surface area contributed by atoms with E-state index in [9.17, 15) is 4.79 Å². The van der Waals surface area contributed by atoms with Crippen LogP contribution in [-0.4, -0.2) is 11.9 Å². The van der Waals surface area contributed by atoms with E-state index in [0.29, 0.717) is 22.9 Å². The molecule has 1 aliphatic carbocycles. The van der Waals surface area contributed by atoms with Crippen LogP contribution in [0.3, 0.4) is 0 Å². The fourth-order valence-corrected chi connectivity index (χ4v) is 2.64. The zero-order valence-corrected chi connectivity index (χ0v) is 10.8. The van der Waals surface area contributed by atoms with Crippen molar-refractivity contribution < 1.29 is 4.79 Å². The molecule has 0 spiro atoms. The molecule has 1 aliphatic rings. The van der Waals surface area contributed by atoms with Crippen LogP contribution in [0, 0.1) is 5.92 Å². The smallest absolute Gasteiger partial charge is 0.251 e. The lowest BCUT2D eigenvalue weighted by atomic mass is 9.87. The van der Waals surface area contributed by atoms with Crippen LogP contribution in [0.4, 0.5) is 11.4 Å². The minimum atomic E-state index is -0.0758. The van der Waals surface area contributed by atoms with Crippen LogP contribution in [-0.2, 0) is 0 Å². The molecule has 2 unspecified atom stereocenters. The van der Waals surface area contributed by atoms with Gasteiger partial charge in [-0.15, -0.1) is 0 Å². The van der Waals surface area contributed by atoms with Crippen molar-refractivity contribution in [2.75, 3.05) is 11.5 Å². The van der Waals surface area contributed by atoms with Gasteiger partial charge in [-0.25, -0.2) is 0 Å². The predicted molar refractivity (Wildman–Crippen MR) is 74.2 cm³/mol. The molecule has 2 rings (SSSR count). The summed E-state index contributed by atoms with van der Waals surface area (Å²) in [6.07, 6.45) is 4.57. The molecule has 0 radical (unpaired) electrons. The van der Waals surface area contributed by atoms with Gasteiger partial charge in [0, 0.05) is 23.0 Å². The largest absolute Gasteiger partial charge is 0.399 e. The van der Waals surface area contributed by atoms with E-state index in [1.165, 1.54) is 12.8 Å². The molecule has 1 amide bonds. The Hall–Kier alpha value is -1.71. The van der Waals surface area contributed by atoms with E-state index >= 15 is 0 Å². The van der Waals surface area contributed by atoms with E-state index in [-0.39, 0.29) is 11.9 Å². The molecule has 0 heterocycles. The molecule has 5 N–H and O–H groups in total. The number of hydrogen-bond acceptors (Lipinski definition) is 3. The van der Waals surface area contributed by atoms with Crippen LogP contribution in [0.5, 0.6) is 0 Å². The monoisotopic (exact) mass is 247 g/mol. The lowest BCUT2D eigenvalue weighted by Gasteiger charge is -2.27. The second kappa shape index (κ2) is 5.29. The normalized spacial score (nSPS) is 23.6. The van der Waals surface area contributed by atoms with Gasteiger partial charge in [0.05, 0.1) is 0 Å². The van der Waals surface area contributed by atoms with E-state index in [4.69, 9.17) is 11.5 Å². The highest BCUT2D eigenvalue weighted by atomic mass is 16.1. The molecule has 0 saturated heterocycles. The molecule has 18 heavy (non-hydrogen) atoms. The Morgan fingerprint density at radius 1 is 1.22 bits per heavy atom. The first kappa shape index (κ1) is 12.7. The number of anilines is 2. The van der Waals surface area contributed by atoms with E-state index in [1.54, 1.807) is 18.2 Å². The van der Waals surface area contributed by atoms with Crippen molar-refractivity contribution in [1.29, 1.82) is 0 Å². The number of carbonyl (C=O) groups excluding carboxylic acids is 1. The second-order valence-electron chi connectivity index (χ2n) is 5.33. The number of amides is 1. The van der Waals surface area contributed by atoms with Gasteiger partial charge >= 0.3 is 0 Å². The van der Waals surface area contributed by atoms with Gasteiger partial charge in [-0.2, -0.15) is 0 Å². The molecule has 98 valence electrons. The summed E-state index contributed by atoms with van der Waals surface area (Å²) in [6.45, 7) is 2.23. The Labute approximate surface area is 108 Å². The molecular weight excluding hydrogens is 226 g/mol. The molecule has 1 aromatic rings. The van der Waals surface area contributed by atoms with Crippen LogP contribution in [0.1, 0.15) is 43.0 Å². The summed E-state index contributed by atoms with van der Waals surface area (Å²) < 4.78 is 0. The van der Waals surface area contributed by atoms with Crippen molar-refractivity contribution >= 4 is 17.3 Å². The summed E-state index contributed by atoms with van der Waals surface area (Å²) in [5.41, 5.74) is 13.0. The number of nitrogens with two attached hydrogens (primary N) is 2. The maximum absolute atomic E-state index is 12.1. The highest BCUT2D eigenvalue weighted by Gasteiger charge is 2.21. The summed E-state index contributed by atoms with van der Waals surface area (Å²) in [7, 11) is 0. The summed E-state index contributed by atoms with van der Waals surface area (Å²) >= 11 is 0. The first-order chi connectivity index (χ1) is 8.54. The van der Waals surface area contributed by atoms with E-state index in [1.807, 2.05) is 0 Å². The fraction of sp³-hybridized carbons (Fsp3) is 0.500. The van der Waals surface area contributed by atoms with Gasteiger partial charge in [-0.3, -0.25) is 4.79 Å². The summed E-state index contributed by atoms with van der Waals surface area (Å²) in [4.78, 5) is 12.1. The average molecular weight is 247 g/mol. The summed E-state index contributed by atoms with van der Waals surface area (Å²) in [5, 5.41) is 3.07. The van der Waals surface area contributed by atoms with Crippen molar-refractivity contribution in [3.8, 4) is 0 Å². The van der Waals surface area contributed by atoms with Gasteiger partial charge in [0.1, 0.15) is 0 Å². The maximum atomic E-state index is 12.1. The molecule has 4 nitrogen and oxygen atoms in total. The number of nitrogen functional groups attached to an aromatic ring is 2. The van der Waals surface area contributed by atoms with Crippen LogP contribution in [0.25, 0.3) is 0 Å². The molecule has 0 aliphatic heterocycles. The lowest BCUT2D eigenvalue weighted by molar-refractivity contribution is 0.0921. The Morgan fingerprint density at radius 2 is 1.89 bits per heavy atom. The van der Waals surface area contributed by atoms with E-state index in [2.05, 4.69) is 12.2 Å². The van der Waals surface area contributed by atoms with Crippen LogP contribution in [0.15, 0.2) is 18.2 Å². The van der Waals surface area contributed by atoms with Gasteiger partial charge in [0.2, 0.25) is 0 Å². The van der Waals surface area contributed by atoms with E-state index in [0.717, 1.165) is 12.8 Å². The predicted octanol–water partition coefficient (Wildman–Crippen LogP) is 2.16.